The second-order valence-electron chi connectivity index (χ2n) is 8.32. The molecule has 1 heterocycles. The Morgan fingerprint density at radius 2 is 1.92 bits per heavy atom. The first-order chi connectivity index (χ1) is 11.3. The van der Waals surface area contributed by atoms with Crippen molar-refractivity contribution in [1.29, 1.82) is 0 Å². The van der Waals surface area contributed by atoms with Gasteiger partial charge in [-0.3, -0.25) is 0 Å². The lowest BCUT2D eigenvalue weighted by Gasteiger charge is -2.32. The second-order valence-corrected chi connectivity index (χ2v) is 8.32. The Morgan fingerprint density at radius 3 is 2.46 bits per heavy atom. The van der Waals surface area contributed by atoms with Crippen molar-refractivity contribution in [3.63, 3.8) is 0 Å². The summed E-state index contributed by atoms with van der Waals surface area (Å²) in [4.78, 5) is 9.02. The fourth-order valence-electron chi connectivity index (χ4n) is 3.45. The van der Waals surface area contributed by atoms with E-state index in [1.807, 2.05) is 6.20 Å². The molecule has 0 aromatic carbocycles. The summed E-state index contributed by atoms with van der Waals surface area (Å²) in [5, 5.41) is 6.93. The van der Waals surface area contributed by atoms with Crippen LogP contribution in [0.2, 0.25) is 0 Å². The Morgan fingerprint density at radius 1 is 1.25 bits per heavy atom. The summed E-state index contributed by atoms with van der Waals surface area (Å²) >= 11 is 0. The Balaban J connectivity index is 1.98. The molecule has 136 valence electrons. The number of nitrogens with zero attached hydrogens (tertiary/aromatic N) is 2. The zero-order chi connectivity index (χ0) is 17.7. The number of nitrogens with one attached hydrogen (secondary N) is 2. The standard InChI is InChI=1S/C19H34N4O/c1-7-20-18(23-15-9-13(2)8-14(3)10-15)22-12-17-21-11-16(24-17)19(4,5)6/h11,13-15H,7-10,12H2,1-6H3,(H2,20,22,23). The van der Waals surface area contributed by atoms with Gasteiger partial charge in [-0.2, -0.15) is 0 Å². The highest BCUT2D eigenvalue weighted by Crippen LogP contribution is 2.28. The maximum atomic E-state index is 5.83. The summed E-state index contributed by atoms with van der Waals surface area (Å²) in [6, 6.07) is 0.497. The van der Waals surface area contributed by atoms with E-state index in [4.69, 9.17) is 4.42 Å². The van der Waals surface area contributed by atoms with Crippen LogP contribution in [0.4, 0.5) is 0 Å². The van der Waals surface area contributed by atoms with Crippen LogP contribution in [-0.4, -0.2) is 23.5 Å². The fraction of sp³-hybridized carbons (Fsp3) is 0.789. The molecule has 2 N–H and O–H groups in total. The van der Waals surface area contributed by atoms with Gasteiger partial charge in [-0.05, 0) is 38.0 Å². The zero-order valence-corrected chi connectivity index (χ0v) is 16.1. The molecule has 2 rings (SSSR count). The average molecular weight is 335 g/mol. The first kappa shape index (κ1) is 18.8. The van der Waals surface area contributed by atoms with Crippen LogP contribution in [0.15, 0.2) is 15.6 Å². The third-order valence-electron chi connectivity index (χ3n) is 4.53. The topological polar surface area (TPSA) is 62.5 Å². The smallest absolute Gasteiger partial charge is 0.216 e. The molecule has 1 aromatic heterocycles. The second kappa shape index (κ2) is 8.04. The number of aliphatic imine (C=N–C) groups is 1. The quantitative estimate of drug-likeness (QED) is 0.648. The first-order valence-electron chi connectivity index (χ1n) is 9.28. The molecule has 0 radical (unpaired) electrons. The van der Waals surface area contributed by atoms with Crippen LogP contribution in [0, 0.1) is 11.8 Å². The normalized spacial score (nSPS) is 25.6. The van der Waals surface area contributed by atoms with Crippen molar-refractivity contribution in [3.05, 3.63) is 17.8 Å². The van der Waals surface area contributed by atoms with Gasteiger partial charge >= 0.3 is 0 Å². The van der Waals surface area contributed by atoms with Crippen molar-refractivity contribution in [2.45, 2.75) is 78.8 Å². The molecule has 0 aliphatic heterocycles. The Labute approximate surface area is 146 Å². The van der Waals surface area contributed by atoms with E-state index in [0.717, 1.165) is 30.1 Å². The summed E-state index contributed by atoms with van der Waals surface area (Å²) in [5.41, 5.74) is -0.0217. The molecule has 24 heavy (non-hydrogen) atoms. The molecule has 0 spiro atoms. The Bertz CT molecular complexity index is 534. The summed E-state index contributed by atoms with van der Waals surface area (Å²) in [6.45, 7) is 14.5. The van der Waals surface area contributed by atoms with Crippen molar-refractivity contribution < 1.29 is 4.42 Å². The summed E-state index contributed by atoms with van der Waals surface area (Å²) in [7, 11) is 0. The van der Waals surface area contributed by atoms with Crippen LogP contribution in [0.5, 0.6) is 0 Å². The summed E-state index contributed by atoms with van der Waals surface area (Å²) < 4.78 is 5.83. The van der Waals surface area contributed by atoms with Crippen molar-refractivity contribution in [1.82, 2.24) is 15.6 Å². The van der Waals surface area contributed by atoms with Crippen LogP contribution in [-0.2, 0) is 12.0 Å². The molecular weight excluding hydrogens is 300 g/mol. The maximum Gasteiger partial charge on any atom is 0.216 e. The lowest BCUT2D eigenvalue weighted by Crippen LogP contribution is -2.46. The first-order valence-corrected chi connectivity index (χ1v) is 9.28. The van der Waals surface area contributed by atoms with E-state index in [9.17, 15) is 0 Å². The fourth-order valence-corrected chi connectivity index (χ4v) is 3.45. The van der Waals surface area contributed by atoms with Crippen LogP contribution in [0.1, 0.15) is 72.5 Å². The van der Waals surface area contributed by atoms with Gasteiger partial charge in [-0.15, -0.1) is 0 Å². The molecule has 0 saturated heterocycles. The van der Waals surface area contributed by atoms with Gasteiger partial charge in [0.25, 0.3) is 0 Å². The van der Waals surface area contributed by atoms with Crippen LogP contribution >= 0.6 is 0 Å². The van der Waals surface area contributed by atoms with E-state index >= 15 is 0 Å². The molecule has 1 aliphatic rings. The predicted molar refractivity (Wildman–Crippen MR) is 99.1 cm³/mol. The van der Waals surface area contributed by atoms with E-state index in [1.54, 1.807) is 0 Å². The zero-order valence-electron chi connectivity index (χ0n) is 16.1. The van der Waals surface area contributed by atoms with Gasteiger partial charge in [0.1, 0.15) is 12.3 Å². The number of oxazole rings is 1. The summed E-state index contributed by atoms with van der Waals surface area (Å²) in [5.74, 6) is 3.98. The van der Waals surface area contributed by atoms with Gasteiger partial charge in [-0.25, -0.2) is 9.98 Å². The van der Waals surface area contributed by atoms with Crippen LogP contribution < -0.4 is 10.6 Å². The maximum absolute atomic E-state index is 5.83. The lowest BCUT2D eigenvalue weighted by molar-refractivity contribution is 0.255. The van der Waals surface area contributed by atoms with E-state index in [1.165, 1.54) is 19.3 Å². The molecule has 2 unspecified atom stereocenters. The van der Waals surface area contributed by atoms with Crippen molar-refractivity contribution in [3.8, 4) is 0 Å². The number of aromatic nitrogens is 1. The van der Waals surface area contributed by atoms with Gasteiger partial charge in [0.2, 0.25) is 5.89 Å². The SMILES string of the molecule is CCNC(=NCc1ncc(C(C)(C)C)o1)NC1CC(C)CC(C)C1. The third-order valence-corrected chi connectivity index (χ3v) is 4.53. The van der Waals surface area contributed by atoms with Gasteiger partial charge in [0.15, 0.2) is 5.96 Å². The number of guanidine groups is 1. The molecule has 2 atom stereocenters. The highest BCUT2D eigenvalue weighted by atomic mass is 16.4. The number of rotatable bonds is 4. The Kier molecular flexibility index (Phi) is 6.30. The molecule has 0 bridgehead atoms. The van der Waals surface area contributed by atoms with Gasteiger partial charge < -0.3 is 15.1 Å². The van der Waals surface area contributed by atoms with Crippen molar-refractivity contribution in [2.75, 3.05) is 6.54 Å². The summed E-state index contributed by atoms with van der Waals surface area (Å²) in [6.07, 6.45) is 5.57. The third kappa shape index (κ3) is 5.53. The van der Waals surface area contributed by atoms with Crippen molar-refractivity contribution in [2.24, 2.45) is 16.8 Å². The van der Waals surface area contributed by atoms with E-state index in [-0.39, 0.29) is 5.41 Å². The van der Waals surface area contributed by atoms with Gasteiger partial charge in [0.05, 0.1) is 6.20 Å². The lowest BCUT2D eigenvalue weighted by atomic mass is 9.80. The van der Waals surface area contributed by atoms with Gasteiger partial charge in [-0.1, -0.05) is 34.6 Å². The van der Waals surface area contributed by atoms with E-state index in [2.05, 4.69) is 62.2 Å². The molecule has 1 aromatic rings. The number of hydrogen-bond donors (Lipinski definition) is 2. The minimum absolute atomic E-state index is 0.0217. The minimum Gasteiger partial charge on any atom is -0.443 e. The largest absolute Gasteiger partial charge is 0.443 e. The molecule has 1 fully saturated rings. The molecular formula is C19H34N4O. The van der Waals surface area contributed by atoms with E-state index in [0.29, 0.717) is 18.5 Å². The highest BCUT2D eigenvalue weighted by Gasteiger charge is 2.24. The number of hydrogen-bond acceptors (Lipinski definition) is 3. The van der Waals surface area contributed by atoms with Gasteiger partial charge in [0, 0.05) is 18.0 Å². The molecule has 1 saturated carbocycles. The van der Waals surface area contributed by atoms with E-state index < -0.39 is 0 Å². The minimum atomic E-state index is -0.0217. The van der Waals surface area contributed by atoms with Crippen LogP contribution in [0.25, 0.3) is 0 Å². The monoisotopic (exact) mass is 334 g/mol. The molecule has 5 nitrogen and oxygen atoms in total. The van der Waals surface area contributed by atoms with Crippen molar-refractivity contribution >= 4 is 5.96 Å². The molecule has 0 amide bonds. The Hall–Kier alpha value is -1.52. The van der Waals surface area contributed by atoms with Crippen LogP contribution in [0.3, 0.4) is 0 Å². The highest BCUT2D eigenvalue weighted by molar-refractivity contribution is 5.80. The molecule has 5 heteroatoms. The average Bonchev–Trinajstić information content (AvgIpc) is 2.93. The molecule has 1 aliphatic carbocycles. The predicted octanol–water partition coefficient (Wildman–Crippen LogP) is 3.85.